The lowest BCUT2D eigenvalue weighted by molar-refractivity contribution is -0.122. The Kier molecular flexibility index (Phi) is 3.24. The van der Waals surface area contributed by atoms with Crippen LogP contribution in [0.5, 0.6) is 5.75 Å². The zero-order chi connectivity index (χ0) is 11.4. The van der Waals surface area contributed by atoms with Gasteiger partial charge in [-0.25, -0.2) is 4.98 Å². The Hall–Kier alpha value is -1.78. The van der Waals surface area contributed by atoms with E-state index >= 15 is 0 Å². The van der Waals surface area contributed by atoms with Gasteiger partial charge in [0, 0.05) is 25.2 Å². The van der Waals surface area contributed by atoms with Crippen LogP contribution in [0.25, 0.3) is 0 Å². The zero-order valence-electron chi connectivity index (χ0n) is 9.19. The average Bonchev–Trinajstić information content (AvgIpc) is 2.33. The molecule has 0 saturated carbocycles. The zero-order valence-corrected chi connectivity index (χ0v) is 9.19. The maximum absolute atomic E-state index is 11.0. The van der Waals surface area contributed by atoms with E-state index in [1.54, 1.807) is 13.3 Å². The number of methoxy groups -OCH3 is 1. The molecule has 1 fully saturated rings. The normalized spacial score (nSPS) is 20.1. The Morgan fingerprint density at radius 2 is 2.50 bits per heavy atom. The minimum Gasteiger partial charge on any atom is -0.493 e. The van der Waals surface area contributed by atoms with Crippen LogP contribution in [-0.2, 0) is 4.79 Å². The number of anilines is 1. The highest BCUT2D eigenvalue weighted by Crippen LogP contribution is 2.22. The van der Waals surface area contributed by atoms with Crippen LogP contribution in [0.4, 0.5) is 5.82 Å². The summed E-state index contributed by atoms with van der Waals surface area (Å²) in [5, 5.41) is 6.09. The van der Waals surface area contributed by atoms with Crippen LogP contribution in [0, 0.1) is 0 Å². The number of aromatic nitrogens is 1. The van der Waals surface area contributed by atoms with Gasteiger partial charge in [-0.3, -0.25) is 4.79 Å². The number of carbonyl (C=O) groups is 1. The quantitative estimate of drug-likeness (QED) is 0.791. The summed E-state index contributed by atoms with van der Waals surface area (Å²) in [7, 11) is 1.62. The summed E-state index contributed by atoms with van der Waals surface area (Å²) in [5.74, 6) is 1.57. The third-order valence-electron chi connectivity index (χ3n) is 2.60. The summed E-state index contributed by atoms with van der Waals surface area (Å²) in [5.41, 5.74) is 0. The lowest BCUT2D eigenvalue weighted by atomic mass is 10.1. The fraction of sp³-hybridized carbons (Fsp3) is 0.455. The van der Waals surface area contributed by atoms with Crippen molar-refractivity contribution >= 4 is 11.7 Å². The van der Waals surface area contributed by atoms with E-state index in [0.29, 0.717) is 13.0 Å². The Morgan fingerprint density at radius 3 is 3.19 bits per heavy atom. The van der Waals surface area contributed by atoms with Gasteiger partial charge in [-0.2, -0.15) is 0 Å². The van der Waals surface area contributed by atoms with Gasteiger partial charge >= 0.3 is 0 Å². The van der Waals surface area contributed by atoms with E-state index in [1.807, 2.05) is 12.1 Å². The summed E-state index contributed by atoms with van der Waals surface area (Å²) in [6, 6.07) is 3.91. The molecule has 0 radical (unpaired) electrons. The van der Waals surface area contributed by atoms with Gasteiger partial charge in [0.15, 0.2) is 11.6 Å². The number of rotatable bonds is 3. The molecule has 16 heavy (non-hydrogen) atoms. The van der Waals surface area contributed by atoms with Gasteiger partial charge in [-0.15, -0.1) is 0 Å². The van der Waals surface area contributed by atoms with Gasteiger partial charge < -0.3 is 15.4 Å². The molecular weight excluding hydrogens is 206 g/mol. The first-order valence-electron chi connectivity index (χ1n) is 5.32. The highest BCUT2D eigenvalue weighted by atomic mass is 16.5. The van der Waals surface area contributed by atoms with Gasteiger partial charge in [0.2, 0.25) is 5.91 Å². The number of carbonyl (C=O) groups excluding carboxylic acids is 1. The molecule has 1 amide bonds. The highest BCUT2D eigenvalue weighted by molar-refractivity contribution is 5.77. The number of pyridine rings is 1. The molecule has 1 aliphatic rings. The molecule has 1 atom stereocenters. The lowest BCUT2D eigenvalue weighted by Crippen LogP contribution is -2.42. The van der Waals surface area contributed by atoms with Crippen molar-refractivity contribution in [1.82, 2.24) is 10.3 Å². The van der Waals surface area contributed by atoms with Crippen molar-refractivity contribution in [2.24, 2.45) is 0 Å². The van der Waals surface area contributed by atoms with Crippen LogP contribution in [0.15, 0.2) is 18.3 Å². The number of ether oxygens (including phenoxy) is 1. The molecule has 5 nitrogen and oxygen atoms in total. The van der Waals surface area contributed by atoms with E-state index in [0.717, 1.165) is 18.0 Å². The standard InChI is InChI=1S/C11H15N3O2/c1-16-9-3-2-6-12-11(9)14-8-4-5-10(15)13-7-8/h2-3,6,8H,4-5,7H2,1H3,(H,12,14)(H,13,15). The summed E-state index contributed by atoms with van der Waals surface area (Å²) < 4.78 is 5.20. The van der Waals surface area contributed by atoms with Crippen molar-refractivity contribution in [3.8, 4) is 5.75 Å². The van der Waals surface area contributed by atoms with Gasteiger partial charge in [0.25, 0.3) is 0 Å². The number of piperidine rings is 1. The molecule has 0 bridgehead atoms. The molecule has 1 aliphatic heterocycles. The van der Waals surface area contributed by atoms with E-state index in [2.05, 4.69) is 15.6 Å². The minimum atomic E-state index is 0.117. The van der Waals surface area contributed by atoms with E-state index in [4.69, 9.17) is 4.74 Å². The van der Waals surface area contributed by atoms with Crippen molar-refractivity contribution in [2.75, 3.05) is 19.0 Å². The first kappa shape index (κ1) is 10.7. The number of hydrogen-bond acceptors (Lipinski definition) is 4. The number of hydrogen-bond donors (Lipinski definition) is 2. The van der Waals surface area contributed by atoms with E-state index in [-0.39, 0.29) is 11.9 Å². The van der Waals surface area contributed by atoms with Gasteiger partial charge in [-0.05, 0) is 18.6 Å². The summed E-state index contributed by atoms with van der Waals surface area (Å²) in [4.78, 5) is 15.2. The summed E-state index contributed by atoms with van der Waals surface area (Å²) in [6.45, 7) is 0.637. The van der Waals surface area contributed by atoms with Crippen molar-refractivity contribution in [3.05, 3.63) is 18.3 Å². The molecule has 0 aromatic carbocycles. The monoisotopic (exact) mass is 221 g/mol. The predicted octanol–water partition coefficient (Wildman–Crippen LogP) is 0.781. The largest absolute Gasteiger partial charge is 0.493 e. The molecule has 0 aliphatic carbocycles. The molecule has 86 valence electrons. The molecule has 1 aromatic heterocycles. The second-order valence-corrected chi connectivity index (χ2v) is 3.74. The number of amides is 1. The molecule has 2 N–H and O–H groups in total. The molecule has 5 heteroatoms. The predicted molar refractivity (Wildman–Crippen MR) is 60.4 cm³/mol. The molecule has 1 saturated heterocycles. The second kappa shape index (κ2) is 4.83. The first-order valence-corrected chi connectivity index (χ1v) is 5.32. The Balaban J connectivity index is 2.00. The summed E-state index contributed by atoms with van der Waals surface area (Å²) >= 11 is 0. The third-order valence-corrected chi connectivity index (χ3v) is 2.60. The topological polar surface area (TPSA) is 63.2 Å². The molecule has 0 spiro atoms. The van der Waals surface area contributed by atoms with Gasteiger partial charge in [-0.1, -0.05) is 0 Å². The van der Waals surface area contributed by atoms with Crippen LogP contribution in [0.1, 0.15) is 12.8 Å². The third kappa shape index (κ3) is 2.42. The molecule has 2 rings (SSSR count). The van der Waals surface area contributed by atoms with Crippen molar-refractivity contribution < 1.29 is 9.53 Å². The summed E-state index contributed by atoms with van der Waals surface area (Å²) in [6.07, 6.45) is 3.10. The smallest absolute Gasteiger partial charge is 0.220 e. The fourth-order valence-corrected chi connectivity index (χ4v) is 1.71. The second-order valence-electron chi connectivity index (χ2n) is 3.74. The minimum absolute atomic E-state index is 0.117. The molecule has 1 unspecified atom stereocenters. The number of nitrogens with zero attached hydrogens (tertiary/aromatic N) is 1. The van der Waals surface area contributed by atoms with Crippen LogP contribution in [-0.4, -0.2) is 30.6 Å². The highest BCUT2D eigenvalue weighted by Gasteiger charge is 2.18. The van der Waals surface area contributed by atoms with Crippen LogP contribution >= 0.6 is 0 Å². The SMILES string of the molecule is COc1cccnc1NC1CCC(=O)NC1. The van der Waals surface area contributed by atoms with Crippen molar-refractivity contribution in [3.63, 3.8) is 0 Å². The van der Waals surface area contributed by atoms with E-state index < -0.39 is 0 Å². The average molecular weight is 221 g/mol. The van der Waals surface area contributed by atoms with Gasteiger partial charge in [0.1, 0.15) is 0 Å². The number of nitrogens with one attached hydrogen (secondary N) is 2. The van der Waals surface area contributed by atoms with Gasteiger partial charge in [0.05, 0.1) is 7.11 Å². The molecule has 1 aromatic rings. The van der Waals surface area contributed by atoms with Crippen molar-refractivity contribution in [2.45, 2.75) is 18.9 Å². The maximum atomic E-state index is 11.0. The van der Waals surface area contributed by atoms with Crippen LogP contribution in [0.2, 0.25) is 0 Å². The Labute approximate surface area is 94.2 Å². The fourth-order valence-electron chi connectivity index (χ4n) is 1.71. The lowest BCUT2D eigenvalue weighted by Gasteiger charge is -2.24. The van der Waals surface area contributed by atoms with Crippen molar-refractivity contribution in [1.29, 1.82) is 0 Å². The van der Waals surface area contributed by atoms with E-state index in [9.17, 15) is 4.79 Å². The molecular formula is C11H15N3O2. The maximum Gasteiger partial charge on any atom is 0.220 e. The van der Waals surface area contributed by atoms with Crippen LogP contribution in [0.3, 0.4) is 0 Å². The Bertz CT molecular complexity index is 371. The Morgan fingerprint density at radius 1 is 1.62 bits per heavy atom. The van der Waals surface area contributed by atoms with E-state index in [1.165, 1.54) is 0 Å². The molecule has 2 heterocycles. The van der Waals surface area contributed by atoms with Crippen LogP contribution < -0.4 is 15.4 Å². The first-order chi connectivity index (χ1) is 7.79.